The van der Waals surface area contributed by atoms with Crippen LogP contribution in [0.15, 0.2) is 12.3 Å². The highest BCUT2D eigenvalue weighted by Crippen LogP contribution is 2.10. The molecule has 5 heteroatoms. The molecule has 2 heterocycles. The van der Waals surface area contributed by atoms with E-state index in [9.17, 15) is 0 Å². The number of hydrogen-bond donors (Lipinski definition) is 1. The van der Waals surface area contributed by atoms with Crippen molar-refractivity contribution in [2.45, 2.75) is 27.3 Å². The van der Waals surface area contributed by atoms with Gasteiger partial charge in [0.15, 0.2) is 0 Å². The molecule has 0 unspecified atom stereocenters. The van der Waals surface area contributed by atoms with Crippen molar-refractivity contribution >= 4 is 5.82 Å². The smallest absolute Gasteiger partial charge is 0.130 e. The molecule has 1 N–H and O–H groups in total. The molecule has 0 atom stereocenters. The first-order chi connectivity index (χ1) is 8.06. The van der Waals surface area contributed by atoms with E-state index in [1.807, 2.05) is 37.8 Å². The standard InChI is InChI=1S/C12H17N5/c1-8-5-12(16-10(3)15-8)13-6-11-7-14-17(4)9(11)2/h5,7H,6H2,1-4H3,(H,13,15,16). The van der Waals surface area contributed by atoms with Crippen molar-refractivity contribution < 1.29 is 0 Å². The Morgan fingerprint density at radius 2 is 2.00 bits per heavy atom. The van der Waals surface area contributed by atoms with Crippen molar-refractivity contribution in [1.82, 2.24) is 19.7 Å². The third kappa shape index (κ3) is 2.61. The van der Waals surface area contributed by atoms with E-state index in [0.717, 1.165) is 23.9 Å². The molecule has 0 aliphatic heterocycles. The van der Waals surface area contributed by atoms with Crippen LogP contribution < -0.4 is 5.32 Å². The summed E-state index contributed by atoms with van der Waals surface area (Å²) in [6.45, 7) is 6.65. The Kier molecular flexibility index (Phi) is 3.08. The lowest BCUT2D eigenvalue weighted by molar-refractivity contribution is 0.738. The number of rotatable bonds is 3. The van der Waals surface area contributed by atoms with Crippen molar-refractivity contribution in [2.24, 2.45) is 7.05 Å². The van der Waals surface area contributed by atoms with Gasteiger partial charge < -0.3 is 5.32 Å². The molecule has 2 aromatic rings. The second-order valence-corrected chi connectivity index (χ2v) is 4.17. The van der Waals surface area contributed by atoms with Gasteiger partial charge in [0.2, 0.25) is 0 Å². The van der Waals surface area contributed by atoms with Gasteiger partial charge in [0.25, 0.3) is 0 Å². The normalized spacial score (nSPS) is 10.6. The summed E-state index contributed by atoms with van der Waals surface area (Å²) in [5.74, 6) is 1.65. The zero-order chi connectivity index (χ0) is 12.4. The van der Waals surface area contributed by atoms with E-state index in [1.165, 1.54) is 11.3 Å². The van der Waals surface area contributed by atoms with E-state index in [4.69, 9.17) is 0 Å². The average molecular weight is 231 g/mol. The number of nitrogens with one attached hydrogen (secondary N) is 1. The Hall–Kier alpha value is -1.91. The zero-order valence-corrected chi connectivity index (χ0v) is 10.7. The van der Waals surface area contributed by atoms with Gasteiger partial charge >= 0.3 is 0 Å². The molecule has 0 aliphatic rings. The monoisotopic (exact) mass is 231 g/mol. The Balaban J connectivity index is 2.09. The maximum absolute atomic E-state index is 4.34. The summed E-state index contributed by atoms with van der Waals surface area (Å²) >= 11 is 0. The van der Waals surface area contributed by atoms with Crippen LogP contribution in [0.25, 0.3) is 0 Å². The number of anilines is 1. The summed E-state index contributed by atoms with van der Waals surface area (Å²) in [6.07, 6.45) is 1.88. The molecule has 17 heavy (non-hydrogen) atoms. The van der Waals surface area contributed by atoms with E-state index in [-0.39, 0.29) is 0 Å². The number of hydrogen-bond acceptors (Lipinski definition) is 4. The van der Waals surface area contributed by atoms with Crippen LogP contribution in [0.5, 0.6) is 0 Å². The highest BCUT2D eigenvalue weighted by molar-refractivity contribution is 5.37. The molecule has 0 saturated heterocycles. The zero-order valence-electron chi connectivity index (χ0n) is 10.7. The van der Waals surface area contributed by atoms with Gasteiger partial charge in [0, 0.05) is 36.6 Å². The SMILES string of the molecule is Cc1cc(NCc2cnn(C)c2C)nc(C)n1. The van der Waals surface area contributed by atoms with Crippen LogP contribution in [-0.2, 0) is 13.6 Å². The molecule has 90 valence electrons. The minimum atomic E-state index is 0.732. The molecular weight excluding hydrogens is 214 g/mol. The Morgan fingerprint density at radius 1 is 1.24 bits per heavy atom. The minimum Gasteiger partial charge on any atom is -0.366 e. The third-order valence-electron chi connectivity index (χ3n) is 2.76. The molecule has 0 aliphatic carbocycles. The van der Waals surface area contributed by atoms with Crippen molar-refractivity contribution in [2.75, 3.05) is 5.32 Å². The van der Waals surface area contributed by atoms with Gasteiger partial charge in [0.05, 0.1) is 6.20 Å². The van der Waals surface area contributed by atoms with Crippen molar-refractivity contribution in [3.63, 3.8) is 0 Å². The molecule has 2 aromatic heterocycles. The number of aryl methyl sites for hydroxylation is 3. The lowest BCUT2D eigenvalue weighted by atomic mass is 10.2. The first-order valence-corrected chi connectivity index (χ1v) is 5.60. The maximum Gasteiger partial charge on any atom is 0.130 e. The van der Waals surface area contributed by atoms with Crippen LogP contribution in [0.1, 0.15) is 22.8 Å². The lowest BCUT2D eigenvalue weighted by Gasteiger charge is -2.06. The summed E-state index contributed by atoms with van der Waals surface area (Å²) in [5, 5.41) is 7.50. The van der Waals surface area contributed by atoms with Gasteiger partial charge in [-0.1, -0.05) is 0 Å². The van der Waals surface area contributed by atoms with Gasteiger partial charge in [0.1, 0.15) is 11.6 Å². The summed E-state index contributed by atoms with van der Waals surface area (Å²) in [6, 6.07) is 1.94. The van der Waals surface area contributed by atoms with E-state index >= 15 is 0 Å². The first kappa shape index (κ1) is 11.6. The predicted molar refractivity (Wildman–Crippen MR) is 66.8 cm³/mol. The highest BCUT2D eigenvalue weighted by atomic mass is 15.3. The topological polar surface area (TPSA) is 55.6 Å². The molecular formula is C12H17N5. The summed E-state index contributed by atoms with van der Waals surface area (Å²) in [4.78, 5) is 8.58. The van der Waals surface area contributed by atoms with Crippen LogP contribution in [0.4, 0.5) is 5.82 Å². The lowest BCUT2D eigenvalue weighted by Crippen LogP contribution is -2.05. The van der Waals surface area contributed by atoms with Gasteiger partial charge in [-0.3, -0.25) is 4.68 Å². The van der Waals surface area contributed by atoms with Crippen molar-refractivity contribution in [3.8, 4) is 0 Å². The predicted octanol–water partition coefficient (Wildman–Crippen LogP) is 1.75. The molecule has 0 amide bonds. The Labute approximate surface area is 101 Å². The van der Waals surface area contributed by atoms with Crippen molar-refractivity contribution in [1.29, 1.82) is 0 Å². The fraction of sp³-hybridized carbons (Fsp3) is 0.417. The van der Waals surface area contributed by atoms with Gasteiger partial charge in [-0.15, -0.1) is 0 Å². The maximum atomic E-state index is 4.34. The van der Waals surface area contributed by atoms with Crippen LogP contribution in [-0.4, -0.2) is 19.7 Å². The molecule has 0 fully saturated rings. The molecule has 0 radical (unpaired) electrons. The summed E-state index contributed by atoms with van der Waals surface area (Å²) < 4.78 is 1.87. The molecule has 0 saturated carbocycles. The highest BCUT2D eigenvalue weighted by Gasteiger charge is 2.04. The van der Waals surface area contributed by atoms with Crippen LogP contribution in [0.3, 0.4) is 0 Å². The molecule has 0 aromatic carbocycles. The third-order valence-corrected chi connectivity index (χ3v) is 2.76. The van der Waals surface area contributed by atoms with E-state index in [1.54, 1.807) is 0 Å². The quantitative estimate of drug-likeness (QED) is 0.874. The van der Waals surface area contributed by atoms with E-state index in [2.05, 4.69) is 27.3 Å². The van der Waals surface area contributed by atoms with Gasteiger partial charge in [-0.25, -0.2) is 9.97 Å². The molecule has 0 bridgehead atoms. The minimum absolute atomic E-state index is 0.732. The first-order valence-electron chi connectivity index (χ1n) is 5.60. The van der Waals surface area contributed by atoms with E-state index in [0.29, 0.717) is 0 Å². The second kappa shape index (κ2) is 4.53. The number of nitrogens with zero attached hydrogens (tertiary/aromatic N) is 4. The average Bonchev–Trinajstić information content (AvgIpc) is 2.56. The van der Waals surface area contributed by atoms with Crippen LogP contribution in [0, 0.1) is 20.8 Å². The summed E-state index contributed by atoms with van der Waals surface area (Å²) in [5.41, 5.74) is 3.32. The molecule has 0 spiro atoms. The van der Waals surface area contributed by atoms with Crippen molar-refractivity contribution in [3.05, 3.63) is 35.0 Å². The van der Waals surface area contributed by atoms with Gasteiger partial charge in [-0.05, 0) is 20.8 Å². The van der Waals surface area contributed by atoms with E-state index < -0.39 is 0 Å². The second-order valence-electron chi connectivity index (χ2n) is 4.17. The molecule has 2 rings (SSSR count). The fourth-order valence-corrected chi connectivity index (χ4v) is 1.71. The van der Waals surface area contributed by atoms with Crippen LogP contribution in [0.2, 0.25) is 0 Å². The van der Waals surface area contributed by atoms with Crippen LogP contribution >= 0.6 is 0 Å². The Bertz CT molecular complexity index is 509. The molecule has 5 nitrogen and oxygen atoms in total. The number of aromatic nitrogens is 4. The fourth-order valence-electron chi connectivity index (χ4n) is 1.71. The Morgan fingerprint density at radius 3 is 2.59 bits per heavy atom. The summed E-state index contributed by atoms with van der Waals surface area (Å²) in [7, 11) is 1.94. The van der Waals surface area contributed by atoms with Gasteiger partial charge in [-0.2, -0.15) is 5.10 Å². The largest absolute Gasteiger partial charge is 0.366 e.